The Bertz CT molecular complexity index is 299. The third-order valence-electron chi connectivity index (χ3n) is 4.41. The van der Waals surface area contributed by atoms with Crippen LogP contribution in [0.4, 0.5) is 0 Å². The monoisotopic (exact) mass is 254 g/mol. The van der Waals surface area contributed by atoms with Crippen molar-refractivity contribution in [2.24, 2.45) is 11.5 Å². The van der Waals surface area contributed by atoms with Gasteiger partial charge in [0.05, 0.1) is 5.54 Å². The van der Waals surface area contributed by atoms with E-state index >= 15 is 0 Å². The lowest BCUT2D eigenvalue weighted by molar-refractivity contribution is -0.122. The summed E-state index contributed by atoms with van der Waals surface area (Å²) in [5.41, 5.74) is 10.3. The van der Waals surface area contributed by atoms with Crippen LogP contribution in [-0.4, -0.2) is 60.0 Å². The van der Waals surface area contributed by atoms with Gasteiger partial charge in [-0.05, 0) is 52.2 Å². The van der Waals surface area contributed by atoms with Crippen molar-refractivity contribution in [2.45, 2.75) is 44.2 Å². The van der Waals surface area contributed by atoms with Gasteiger partial charge in [0.15, 0.2) is 0 Å². The van der Waals surface area contributed by atoms with Gasteiger partial charge in [-0.1, -0.05) is 0 Å². The van der Waals surface area contributed by atoms with Crippen LogP contribution in [0.1, 0.15) is 32.6 Å². The SMILES string of the molecule is CC(N)(CCN1CCC(N2CCCC2)C1)C(N)=O. The highest BCUT2D eigenvalue weighted by molar-refractivity contribution is 5.83. The number of hydrogen-bond donors (Lipinski definition) is 2. The second kappa shape index (κ2) is 5.55. The Morgan fingerprint density at radius 2 is 2.00 bits per heavy atom. The smallest absolute Gasteiger partial charge is 0.237 e. The van der Waals surface area contributed by atoms with Crippen LogP contribution in [0.5, 0.6) is 0 Å². The normalized spacial score (nSPS) is 29.6. The minimum Gasteiger partial charge on any atom is -0.368 e. The standard InChI is InChI=1S/C13H26N4O/c1-13(15,12(14)18)5-9-16-8-4-11(10-16)17-6-2-3-7-17/h11H,2-10,15H2,1H3,(H2,14,18). The molecular weight excluding hydrogens is 228 g/mol. The predicted molar refractivity (Wildman–Crippen MR) is 72.1 cm³/mol. The summed E-state index contributed by atoms with van der Waals surface area (Å²) in [5.74, 6) is -0.405. The molecule has 2 aliphatic heterocycles. The molecule has 5 heteroatoms. The fraction of sp³-hybridized carbons (Fsp3) is 0.923. The molecule has 0 saturated carbocycles. The average molecular weight is 254 g/mol. The van der Waals surface area contributed by atoms with Crippen molar-refractivity contribution in [1.82, 2.24) is 9.80 Å². The maximum Gasteiger partial charge on any atom is 0.237 e. The Hall–Kier alpha value is -0.650. The van der Waals surface area contributed by atoms with Crippen LogP contribution in [-0.2, 0) is 4.79 Å². The van der Waals surface area contributed by atoms with Crippen LogP contribution in [0.25, 0.3) is 0 Å². The highest BCUT2D eigenvalue weighted by Crippen LogP contribution is 2.21. The minimum absolute atomic E-state index is 0.405. The first kappa shape index (κ1) is 13.8. The quantitative estimate of drug-likeness (QED) is 0.709. The van der Waals surface area contributed by atoms with Gasteiger partial charge in [-0.2, -0.15) is 0 Å². The molecule has 1 amide bonds. The van der Waals surface area contributed by atoms with Gasteiger partial charge < -0.3 is 16.4 Å². The molecule has 5 nitrogen and oxygen atoms in total. The zero-order valence-electron chi connectivity index (χ0n) is 11.4. The molecular formula is C13H26N4O. The molecule has 18 heavy (non-hydrogen) atoms. The van der Waals surface area contributed by atoms with E-state index in [2.05, 4.69) is 9.80 Å². The maximum absolute atomic E-state index is 11.2. The summed E-state index contributed by atoms with van der Waals surface area (Å²) in [6, 6.07) is 0.713. The summed E-state index contributed by atoms with van der Waals surface area (Å²) in [7, 11) is 0. The minimum atomic E-state index is -0.869. The molecule has 2 fully saturated rings. The summed E-state index contributed by atoms with van der Waals surface area (Å²) in [6.07, 6.45) is 4.59. The maximum atomic E-state index is 11.2. The zero-order valence-corrected chi connectivity index (χ0v) is 11.4. The van der Waals surface area contributed by atoms with Crippen LogP contribution < -0.4 is 11.5 Å². The molecule has 0 aliphatic carbocycles. The molecule has 0 spiro atoms. The number of amides is 1. The van der Waals surface area contributed by atoms with Gasteiger partial charge in [-0.25, -0.2) is 0 Å². The van der Waals surface area contributed by atoms with Crippen LogP contribution in [0.15, 0.2) is 0 Å². The van der Waals surface area contributed by atoms with Gasteiger partial charge in [-0.15, -0.1) is 0 Å². The molecule has 0 radical (unpaired) electrons. The van der Waals surface area contributed by atoms with Crippen molar-refractivity contribution in [3.63, 3.8) is 0 Å². The molecule has 2 rings (SSSR count). The lowest BCUT2D eigenvalue weighted by atomic mass is 9.98. The summed E-state index contributed by atoms with van der Waals surface area (Å²) < 4.78 is 0. The van der Waals surface area contributed by atoms with Crippen LogP contribution in [0, 0.1) is 0 Å². The van der Waals surface area contributed by atoms with E-state index in [9.17, 15) is 4.79 Å². The van der Waals surface area contributed by atoms with E-state index in [1.54, 1.807) is 6.92 Å². The van der Waals surface area contributed by atoms with Crippen LogP contribution >= 0.6 is 0 Å². The molecule has 2 aliphatic rings. The van der Waals surface area contributed by atoms with Crippen molar-refractivity contribution in [1.29, 1.82) is 0 Å². The van der Waals surface area contributed by atoms with E-state index in [4.69, 9.17) is 11.5 Å². The molecule has 2 saturated heterocycles. The van der Waals surface area contributed by atoms with E-state index in [0.717, 1.165) is 19.6 Å². The number of rotatable bonds is 5. The third kappa shape index (κ3) is 3.22. The molecule has 2 heterocycles. The number of likely N-dealkylation sites (tertiary alicyclic amines) is 2. The average Bonchev–Trinajstić information content (AvgIpc) is 2.97. The fourth-order valence-electron chi connectivity index (χ4n) is 2.93. The number of nitrogens with two attached hydrogens (primary N) is 2. The highest BCUT2D eigenvalue weighted by Gasteiger charge is 2.31. The van der Waals surface area contributed by atoms with Gasteiger partial charge in [0, 0.05) is 19.1 Å². The Kier molecular flexibility index (Phi) is 4.25. The number of carbonyl (C=O) groups is 1. The summed E-state index contributed by atoms with van der Waals surface area (Å²) >= 11 is 0. The van der Waals surface area contributed by atoms with Crippen molar-refractivity contribution in [2.75, 3.05) is 32.7 Å². The Balaban J connectivity index is 1.74. The first-order chi connectivity index (χ1) is 8.49. The summed E-state index contributed by atoms with van der Waals surface area (Å²) in [4.78, 5) is 16.2. The van der Waals surface area contributed by atoms with Gasteiger partial charge >= 0.3 is 0 Å². The number of hydrogen-bond acceptors (Lipinski definition) is 4. The van der Waals surface area contributed by atoms with E-state index in [1.165, 1.54) is 32.4 Å². The number of primary amides is 1. The highest BCUT2D eigenvalue weighted by atomic mass is 16.1. The Labute approximate surface area is 109 Å². The second-order valence-corrected chi connectivity index (χ2v) is 6.02. The van der Waals surface area contributed by atoms with Gasteiger partial charge in [0.1, 0.15) is 0 Å². The zero-order chi connectivity index (χ0) is 13.2. The van der Waals surface area contributed by atoms with Crippen molar-refractivity contribution >= 4 is 5.91 Å². The van der Waals surface area contributed by atoms with Crippen molar-refractivity contribution in [3.05, 3.63) is 0 Å². The van der Waals surface area contributed by atoms with E-state index in [0.29, 0.717) is 12.5 Å². The number of carbonyl (C=O) groups excluding carboxylic acids is 1. The molecule has 2 atom stereocenters. The summed E-state index contributed by atoms with van der Waals surface area (Å²) in [6.45, 7) is 7.36. The lowest BCUT2D eigenvalue weighted by Gasteiger charge is -2.26. The molecule has 0 aromatic heterocycles. The molecule has 0 aromatic rings. The number of nitrogens with zero attached hydrogens (tertiary/aromatic N) is 2. The molecule has 0 aromatic carbocycles. The van der Waals surface area contributed by atoms with E-state index in [1.807, 2.05) is 0 Å². The Morgan fingerprint density at radius 1 is 1.33 bits per heavy atom. The summed E-state index contributed by atoms with van der Waals surface area (Å²) in [5, 5.41) is 0. The fourth-order valence-corrected chi connectivity index (χ4v) is 2.93. The molecule has 4 N–H and O–H groups in total. The third-order valence-corrected chi connectivity index (χ3v) is 4.41. The molecule has 104 valence electrons. The van der Waals surface area contributed by atoms with Crippen LogP contribution in [0.3, 0.4) is 0 Å². The van der Waals surface area contributed by atoms with Gasteiger partial charge in [-0.3, -0.25) is 9.69 Å². The predicted octanol–water partition coefficient (Wildman–Crippen LogP) is -0.251. The van der Waals surface area contributed by atoms with Gasteiger partial charge in [0.2, 0.25) is 5.91 Å². The van der Waals surface area contributed by atoms with Crippen molar-refractivity contribution in [3.8, 4) is 0 Å². The van der Waals surface area contributed by atoms with E-state index < -0.39 is 11.4 Å². The Morgan fingerprint density at radius 3 is 2.61 bits per heavy atom. The first-order valence-corrected chi connectivity index (χ1v) is 7.04. The lowest BCUT2D eigenvalue weighted by Crippen LogP contribution is -2.51. The second-order valence-electron chi connectivity index (χ2n) is 6.02. The largest absolute Gasteiger partial charge is 0.368 e. The van der Waals surface area contributed by atoms with E-state index in [-0.39, 0.29) is 0 Å². The molecule has 2 unspecified atom stereocenters. The van der Waals surface area contributed by atoms with Gasteiger partial charge in [0.25, 0.3) is 0 Å². The topological polar surface area (TPSA) is 75.6 Å². The van der Waals surface area contributed by atoms with Crippen LogP contribution in [0.2, 0.25) is 0 Å². The van der Waals surface area contributed by atoms with Crippen molar-refractivity contribution < 1.29 is 4.79 Å². The first-order valence-electron chi connectivity index (χ1n) is 7.04. The molecule has 0 bridgehead atoms.